The van der Waals surface area contributed by atoms with Gasteiger partial charge in [-0.25, -0.2) is 13.6 Å². The van der Waals surface area contributed by atoms with Crippen LogP contribution in [0.4, 0.5) is 8.78 Å². The van der Waals surface area contributed by atoms with Gasteiger partial charge in [0.1, 0.15) is 17.3 Å². The van der Waals surface area contributed by atoms with E-state index in [1.807, 2.05) is 30.3 Å². The number of aromatic carboxylic acids is 1. The third-order valence-corrected chi connectivity index (χ3v) is 5.59. The van der Waals surface area contributed by atoms with Gasteiger partial charge < -0.3 is 14.7 Å². The molecular weight excluding hydrogens is 414 g/mol. The quantitative estimate of drug-likeness (QED) is 0.413. The lowest BCUT2D eigenvalue weighted by atomic mass is 9.98. The summed E-state index contributed by atoms with van der Waals surface area (Å²) in [7, 11) is 0. The second-order valence-electron chi connectivity index (χ2n) is 7.44. The fraction of sp³-hybridized carbons (Fsp3) is 0.0400. The Bertz CT molecular complexity index is 1580. The molecule has 0 bridgehead atoms. The van der Waals surface area contributed by atoms with E-state index in [1.165, 1.54) is 16.8 Å². The number of nitrogens with one attached hydrogen (secondary N) is 1. The Labute approximate surface area is 180 Å². The summed E-state index contributed by atoms with van der Waals surface area (Å²) in [6, 6.07) is 17.4. The highest BCUT2D eigenvalue weighted by Gasteiger charge is 2.27. The van der Waals surface area contributed by atoms with Crippen molar-refractivity contribution in [3.05, 3.63) is 106 Å². The summed E-state index contributed by atoms with van der Waals surface area (Å²) >= 11 is 0. The fourth-order valence-electron chi connectivity index (χ4n) is 4.21. The van der Waals surface area contributed by atoms with Gasteiger partial charge in [-0.05, 0) is 35.0 Å². The van der Waals surface area contributed by atoms with Gasteiger partial charge in [0.05, 0.1) is 17.6 Å². The molecular formula is C25H16F2N2O3. The van der Waals surface area contributed by atoms with E-state index in [0.29, 0.717) is 10.9 Å². The molecule has 5 nitrogen and oxygen atoms in total. The number of aromatic nitrogens is 2. The third kappa shape index (κ3) is 3.06. The number of hydrogen-bond donors (Lipinski definition) is 2. The number of carboxylic acids is 1. The van der Waals surface area contributed by atoms with Crippen molar-refractivity contribution in [2.75, 3.05) is 0 Å². The number of carbonyl (C=O) groups is 1. The van der Waals surface area contributed by atoms with Crippen LogP contribution in [0, 0.1) is 11.6 Å². The molecule has 0 saturated carbocycles. The SMILES string of the molecule is O=C(O)c1c(-c2ccc[nH]c2=O)c2c3ccccc3ccc2n1Cc1ccc(F)cc1F. The Morgan fingerprint density at radius 3 is 2.56 bits per heavy atom. The smallest absolute Gasteiger partial charge is 0.353 e. The van der Waals surface area contributed by atoms with Crippen molar-refractivity contribution in [3.63, 3.8) is 0 Å². The molecule has 0 saturated heterocycles. The van der Waals surface area contributed by atoms with Crippen LogP contribution in [0.25, 0.3) is 32.8 Å². The van der Waals surface area contributed by atoms with Crippen LogP contribution in [0.15, 0.2) is 77.7 Å². The van der Waals surface area contributed by atoms with Crippen LogP contribution in [-0.2, 0) is 6.54 Å². The molecule has 32 heavy (non-hydrogen) atoms. The van der Waals surface area contributed by atoms with Gasteiger partial charge in [0.2, 0.25) is 0 Å². The third-order valence-electron chi connectivity index (χ3n) is 5.59. The maximum absolute atomic E-state index is 14.5. The molecule has 0 amide bonds. The molecule has 2 N–H and O–H groups in total. The number of aromatic amines is 1. The Hall–Kier alpha value is -4.26. The summed E-state index contributed by atoms with van der Waals surface area (Å²) in [5.74, 6) is -2.75. The Morgan fingerprint density at radius 1 is 1.00 bits per heavy atom. The zero-order valence-electron chi connectivity index (χ0n) is 16.6. The summed E-state index contributed by atoms with van der Waals surface area (Å²) in [5.41, 5.74) is 0.542. The van der Waals surface area contributed by atoms with Crippen molar-refractivity contribution in [1.82, 2.24) is 9.55 Å². The molecule has 2 heterocycles. The average molecular weight is 430 g/mol. The van der Waals surface area contributed by atoms with E-state index in [2.05, 4.69) is 4.98 Å². The standard InChI is InChI=1S/C25H16F2N2O3/c26-16-9-7-15(19(27)12-16)13-29-20-10-8-14-4-1-2-5-17(14)21(20)22(23(29)25(31)32)18-6-3-11-28-24(18)30/h1-12H,13H2,(H,28,30)(H,31,32). The van der Waals surface area contributed by atoms with Crippen molar-refractivity contribution in [3.8, 4) is 11.1 Å². The lowest BCUT2D eigenvalue weighted by molar-refractivity contribution is 0.0687. The van der Waals surface area contributed by atoms with Crippen molar-refractivity contribution in [2.24, 2.45) is 0 Å². The molecule has 0 aliphatic rings. The summed E-state index contributed by atoms with van der Waals surface area (Å²) in [5, 5.41) is 12.4. The predicted molar refractivity (Wildman–Crippen MR) is 118 cm³/mol. The van der Waals surface area contributed by atoms with Gasteiger partial charge in [-0.2, -0.15) is 0 Å². The van der Waals surface area contributed by atoms with Gasteiger partial charge in [0, 0.05) is 28.8 Å². The zero-order chi connectivity index (χ0) is 22.4. The number of fused-ring (bicyclic) bond motifs is 3. The Kier molecular flexibility index (Phi) is 4.59. The molecule has 0 aliphatic carbocycles. The van der Waals surface area contributed by atoms with Gasteiger partial charge in [-0.15, -0.1) is 0 Å². The largest absolute Gasteiger partial charge is 0.477 e. The normalized spacial score (nSPS) is 11.3. The van der Waals surface area contributed by atoms with Crippen LogP contribution in [-0.4, -0.2) is 20.6 Å². The maximum atomic E-state index is 14.5. The van der Waals surface area contributed by atoms with Gasteiger partial charge in [-0.3, -0.25) is 4.79 Å². The van der Waals surface area contributed by atoms with Crippen molar-refractivity contribution in [2.45, 2.75) is 6.54 Å². The number of H-pyrrole nitrogens is 1. The Morgan fingerprint density at radius 2 is 1.81 bits per heavy atom. The van der Waals surface area contributed by atoms with Gasteiger partial charge >= 0.3 is 5.97 Å². The van der Waals surface area contributed by atoms with Gasteiger partial charge in [-0.1, -0.05) is 36.4 Å². The van der Waals surface area contributed by atoms with E-state index in [4.69, 9.17) is 0 Å². The number of benzene rings is 3. The summed E-state index contributed by atoms with van der Waals surface area (Å²) < 4.78 is 29.3. The first kappa shape index (κ1) is 19.7. The van der Waals surface area contributed by atoms with Crippen LogP contribution in [0.1, 0.15) is 16.1 Å². The molecule has 2 aromatic heterocycles. The molecule has 7 heteroatoms. The number of nitrogens with zero attached hydrogens (tertiary/aromatic N) is 1. The predicted octanol–water partition coefficient (Wildman–Crippen LogP) is 5.17. The number of pyridine rings is 1. The fourth-order valence-corrected chi connectivity index (χ4v) is 4.21. The lowest BCUT2D eigenvalue weighted by Crippen LogP contribution is -2.14. The highest BCUT2D eigenvalue weighted by Crippen LogP contribution is 2.38. The van der Waals surface area contributed by atoms with Crippen LogP contribution in [0.2, 0.25) is 0 Å². The number of hydrogen-bond acceptors (Lipinski definition) is 2. The minimum Gasteiger partial charge on any atom is -0.477 e. The summed E-state index contributed by atoms with van der Waals surface area (Å²) in [6.45, 7) is -0.146. The first-order valence-corrected chi connectivity index (χ1v) is 9.85. The molecule has 158 valence electrons. The van der Waals surface area contributed by atoms with E-state index in [-0.39, 0.29) is 28.9 Å². The minimum atomic E-state index is -1.26. The van der Waals surface area contributed by atoms with Crippen LogP contribution in [0.3, 0.4) is 0 Å². The zero-order valence-corrected chi connectivity index (χ0v) is 16.6. The topological polar surface area (TPSA) is 75.1 Å². The first-order valence-electron chi connectivity index (χ1n) is 9.85. The number of carboxylic acid groups (broad SMARTS) is 1. The van der Waals surface area contributed by atoms with E-state index >= 15 is 0 Å². The highest BCUT2D eigenvalue weighted by atomic mass is 19.1. The van der Waals surface area contributed by atoms with E-state index in [1.54, 1.807) is 18.2 Å². The summed E-state index contributed by atoms with van der Waals surface area (Å²) in [6.07, 6.45) is 1.47. The monoisotopic (exact) mass is 430 g/mol. The Balaban J connectivity index is 1.93. The van der Waals surface area contributed by atoms with Crippen LogP contribution in [0.5, 0.6) is 0 Å². The molecule has 0 spiro atoms. The second-order valence-corrected chi connectivity index (χ2v) is 7.44. The molecule has 0 unspecified atom stereocenters. The highest BCUT2D eigenvalue weighted by molar-refractivity contribution is 6.18. The number of rotatable bonds is 4. The molecule has 5 rings (SSSR count). The van der Waals surface area contributed by atoms with E-state index in [9.17, 15) is 23.5 Å². The molecule has 0 fully saturated rings. The average Bonchev–Trinajstić information content (AvgIpc) is 3.10. The van der Waals surface area contributed by atoms with Crippen LogP contribution < -0.4 is 5.56 Å². The molecule has 0 atom stereocenters. The molecule has 0 aliphatic heterocycles. The first-order chi connectivity index (χ1) is 15.5. The lowest BCUT2D eigenvalue weighted by Gasteiger charge is -2.10. The molecule has 0 radical (unpaired) electrons. The van der Waals surface area contributed by atoms with E-state index < -0.39 is 23.2 Å². The van der Waals surface area contributed by atoms with Crippen molar-refractivity contribution in [1.29, 1.82) is 0 Å². The maximum Gasteiger partial charge on any atom is 0.353 e. The van der Waals surface area contributed by atoms with Crippen molar-refractivity contribution < 1.29 is 18.7 Å². The minimum absolute atomic E-state index is 0.132. The van der Waals surface area contributed by atoms with Gasteiger partial charge in [0.25, 0.3) is 5.56 Å². The number of halogens is 2. The molecule has 5 aromatic rings. The van der Waals surface area contributed by atoms with Crippen LogP contribution >= 0.6 is 0 Å². The van der Waals surface area contributed by atoms with E-state index in [0.717, 1.165) is 22.9 Å². The van der Waals surface area contributed by atoms with Gasteiger partial charge in [0.15, 0.2) is 0 Å². The molecule has 3 aromatic carbocycles. The van der Waals surface area contributed by atoms with Crippen molar-refractivity contribution >= 4 is 27.6 Å². The second kappa shape index (κ2) is 7.46. The summed E-state index contributed by atoms with van der Waals surface area (Å²) in [4.78, 5) is 27.7.